The van der Waals surface area contributed by atoms with Gasteiger partial charge < -0.3 is 24.2 Å². The molecule has 124 valence electrons. The average molecular weight is 311 g/mol. The van der Waals surface area contributed by atoms with E-state index in [2.05, 4.69) is 15.4 Å². The number of nitrogens with one attached hydrogen (secondary N) is 1. The van der Waals surface area contributed by atoms with Crippen LogP contribution in [0.4, 0.5) is 0 Å². The molecule has 0 radical (unpaired) electrons. The zero-order valence-electron chi connectivity index (χ0n) is 13.7. The van der Waals surface area contributed by atoms with Crippen LogP contribution in [0.25, 0.3) is 0 Å². The van der Waals surface area contributed by atoms with Crippen molar-refractivity contribution in [2.24, 2.45) is 0 Å². The highest BCUT2D eigenvalue weighted by atomic mass is 16.5. The summed E-state index contributed by atoms with van der Waals surface area (Å²) in [5.41, 5.74) is 1.09. The predicted molar refractivity (Wildman–Crippen MR) is 81.0 cm³/mol. The number of aromatic nitrogens is 1. The smallest absolute Gasteiger partial charge is 0.257 e. The minimum atomic E-state index is -0.187. The van der Waals surface area contributed by atoms with E-state index in [1.165, 1.54) is 0 Å². The molecule has 0 saturated carbocycles. The van der Waals surface area contributed by atoms with Crippen LogP contribution in [0.1, 0.15) is 28.2 Å². The number of aryl methyl sites for hydroxylation is 2. The maximum absolute atomic E-state index is 12.4. The van der Waals surface area contributed by atoms with E-state index < -0.39 is 0 Å². The van der Waals surface area contributed by atoms with Crippen molar-refractivity contribution in [3.8, 4) is 0 Å². The van der Waals surface area contributed by atoms with E-state index >= 15 is 0 Å². The molecule has 2 heterocycles. The largest absolute Gasteiger partial charge is 0.379 e. The molecule has 1 aromatic rings. The number of likely N-dealkylation sites (N-methyl/N-ethyl adjacent to an activating group) is 1. The van der Waals surface area contributed by atoms with Crippen molar-refractivity contribution in [1.82, 2.24) is 15.4 Å². The summed E-state index contributed by atoms with van der Waals surface area (Å²) in [5.74, 6) is 0.338. The van der Waals surface area contributed by atoms with Gasteiger partial charge >= 0.3 is 0 Å². The molecule has 0 bridgehead atoms. The van der Waals surface area contributed by atoms with Crippen molar-refractivity contribution >= 4 is 5.91 Å². The van der Waals surface area contributed by atoms with Crippen LogP contribution in [0.2, 0.25) is 0 Å². The molecular weight excluding hydrogens is 286 g/mol. The third-order valence-corrected chi connectivity index (χ3v) is 3.74. The second-order valence-corrected chi connectivity index (χ2v) is 5.86. The molecule has 1 fully saturated rings. The summed E-state index contributed by atoms with van der Waals surface area (Å²) >= 11 is 0. The normalized spacial score (nSPS) is 22.0. The monoisotopic (exact) mass is 311 g/mol. The van der Waals surface area contributed by atoms with E-state index in [0.29, 0.717) is 36.8 Å². The molecule has 22 heavy (non-hydrogen) atoms. The first-order valence-electron chi connectivity index (χ1n) is 7.57. The number of nitrogens with zero attached hydrogens (tertiary/aromatic N) is 2. The Hall–Kier alpha value is -1.44. The van der Waals surface area contributed by atoms with Crippen molar-refractivity contribution in [2.45, 2.75) is 32.4 Å². The van der Waals surface area contributed by atoms with E-state index in [-0.39, 0.29) is 18.1 Å². The molecule has 1 saturated heterocycles. The lowest BCUT2D eigenvalue weighted by Gasteiger charge is -2.32. The number of hydrogen-bond donors (Lipinski definition) is 1. The maximum Gasteiger partial charge on any atom is 0.257 e. The van der Waals surface area contributed by atoms with Crippen LogP contribution in [0.3, 0.4) is 0 Å². The fourth-order valence-corrected chi connectivity index (χ4v) is 2.49. The summed E-state index contributed by atoms with van der Waals surface area (Å²) in [6, 6.07) is -0.155. The van der Waals surface area contributed by atoms with E-state index in [1.807, 2.05) is 14.1 Å². The third-order valence-electron chi connectivity index (χ3n) is 3.74. The highest BCUT2D eigenvalue weighted by molar-refractivity contribution is 5.96. The van der Waals surface area contributed by atoms with Gasteiger partial charge in [0.2, 0.25) is 0 Å². The fourth-order valence-electron chi connectivity index (χ4n) is 2.49. The van der Waals surface area contributed by atoms with Gasteiger partial charge in [-0.25, -0.2) is 0 Å². The van der Waals surface area contributed by atoms with Gasteiger partial charge in [-0.3, -0.25) is 4.79 Å². The molecule has 7 nitrogen and oxygen atoms in total. The maximum atomic E-state index is 12.4. The lowest BCUT2D eigenvalue weighted by molar-refractivity contribution is -0.0562. The van der Waals surface area contributed by atoms with Crippen LogP contribution in [-0.2, 0) is 9.47 Å². The molecule has 0 aliphatic carbocycles. The van der Waals surface area contributed by atoms with E-state index in [4.69, 9.17) is 14.0 Å². The Morgan fingerprint density at radius 2 is 2.23 bits per heavy atom. The van der Waals surface area contributed by atoms with E-state index in [1.54, 1.807) is 13.8 Å². The number of hydrogen-bond acceptors (Lipinski definition) is 6. The first kappa shape index (κ1) is 16.9. The SMILES string of the molecule is Cc1noc(C)c1C(=O)N[C@H]1COCC[C@H]1OCCN(C)C. The van der Waals surface area contributed by atoms with Gasteiger partial charge in [-0.1, -0.05) is 5.16 Å². The summed E-state index contributed by atoms with van der Waals surface area (Å²) < 4.78 is 16.4. The Kier molecular flexibility index (Phi) is 5.93. The van der Waals surface area contributed by atoms with Crippen molar-refractivity contribution in [3.05, 3.63) is 17.0 Å². The number of rotatable bonds is 6. The van der Waals surface area contributed by atoms with Crippen LogP contribution in [0, 0.1) is 13.8 Å². The first-order valence-corrected chi connectivity index (χ1v) is 7.57. The molecule has 1 aliphatic rings. The summed E-state index contributed by atoms with van der Waals surface area (Å²) in [7, 11) is 4.01. The van der Waals surface area contributed by atoms with E-state index in [0.717, 1.165) is 13.0 Å². The highest BCUT2D eigenvalue weighted by Gasteiger charge is 2.29. The van der Waals surface area contributed by atoms with Gasteiger partial charge in [-0.05, 0) is 34.4 Å². The molecule has 2 rings (SSSR count). The Labute approximate surface area is 130 Å². The first-order chi connectivity index (χ1) is 10.5. The highest BCUT2D eigenvalue weighted by Crippen LogP contribution is 2.16. The van der Waals surface area contributed by atoms with Crippen molar-refractivity contribution in [3.63, 3.8) is 0 Å². The van der Waals surface area contributed by atoms with Crippen molar-refractivity contribution < 1.29 is 18.8 Å². The standard InChI is InChI=1S/C15H25N3O4/c1-10-14(11(2)22-17-10)15(19)16-12-9-20-7-5-13(12)21-8-6-18(3)4/h12-13H,5-9H2,1-4H3,(H,16,19)/t12-,13+/m0/s1. The second-order valence-electron chi connectivity index (χ2n) is 5.86. The molecule has 1 aromatic heterocycles. The number of amides is 1. The minimum Gasteiger partial charge on any atom is -0.379 e. The third kappa shape index (κ3) is 4.28. The minimum absolute atomic E-state index is 0.0295. The Balaban J connectivity index is 1.95. The lowest BCUT2D eigenvalue weighted by Crippen LogP contribution is -2.51. The van der Waals surface area contributed by atoms with Crippen LogP contribution < -0.4 is 5.32 Å². The van der Waals surface area contributed by atoms with Gasteiger partial charge in [0.1, 0.15) is 11.3 Å². The predicted octanol–water partition coefficient (Wildman–Crippen LogP) is 0.757. The summed E-state index contributed by atoms with van der Waals surface area (Å²) in [5, 5.41) is 6.80. The lowest BCUT2D eigenvalue weighted by atomic mass is 10.1. The second kappa shape index (κ2) is 7.71. The van der Waals surface area contributed by atoms with Crippen LogP contribution >= 0.6 is 0 Å². The summed E-state index contributed by atoms with van der Waals surface area (Å²) in [6.07, 6.45) is 0.748. The Bertz CT molecular complexity index is 481. The number of carbonyl (C=O) groups is 1. The summed E-state index contributed by atoms with van der Waals surface area (Å²) in [4.78, 5) is 14.5. The molecule has 0 aromatic carbocycles. The van der Waals surface area contributed by atoms with Crippen LogP contribution in [0.5, 0.6) is 0 Å². The molecule has 7 heteroatoms. The van der Waals surface area contributed by atoms with Crippen molar-refractivity contribution in [1.29, 1.82) is 0 Å². The molecule has 2 atom stereocenters. The average Bonchev–Trinajstić information content (AvgIpc) is 2.79. The summed E-state index contributed by atoms with van der Waals surface area (Å²) in [6.45, 7) is 6.09. The Morgan fingerprint density at radius 3 is 2.86 bits per heavy atom. The van der Waals surface area contributed by atoms with Crippen molar-refractivity contribution in [2.75, 3.05) is 40.5 Å². The van der Waals surface area contributed by atoms with Gasteiger partial charge in [0.25, 0.3) is 5.91 Å². The van der Waals surface area contributed by atoms with Crippen LogP contribution in [-0.4, -0.2) is 68.6 Å². The van der Waals surface area contributed by atoms with E-state index in [9.17, 15) is 4.79 Å². The molecule has 1 aliphatic heterocycles. The number of carbonyl (C=O) groups excluding carboxylic acids is 1. The zero-order chi connectivity index (χ0) is 16.1. The van der Waals surface area contributed by atoms with Gasteiger partial charge in [0, 0.05) is 13.2 Å². The topological polar surface area (TPSA) is 76.8 Å². The molecule has 0 unspecified atom stereocenters. The molecule has 0 spiro atoms. The zero-order valence-corrected chi connectivity index (χ0v) is 13.7. The fraction of sp³-hybridized carbons (Fsp3) is 0.733. The molecule has 1 N–H and O–H groups in total. The van der Waals surface area contributed by atoms with Crippen LogP contribution in [0.15, 0.2) is 4.52 Å². The Morgan fingerprint density at radius 1 is 1.45 bits per heavy atom. The van der Waals surface area contributed by atoms with Gasteiger partial charge in [0.05, 0.1) is 31.1 Å². The van der Waals surface area contributed by atoms with Gasteiger partial charge in [-0.15, -0.1) is 0 Å². The molecule has 1 amide bonds. The molecular formula is C15H25N3O4. The van der Waals surface area contributed by atoms with Gasteiger partial charge in [0.15, 0.2) is 0 Å². The van der Waals surface area contributed by atoms with Gasteiger partial charge in [-0.2, -0.15) is 0 Å². The number of ether oxygens (including phenoxy) is 2. The quantitative estimate of drug-likeness (QED) is 0.836.